The van der Waals surface area contributed by atoms with Gasteiger partial charge in [0.1, 0.15) is 5.75 Å². The third-order valence-electron chi connectivity index (χ3n) is 4.19. The summed E-state index contributed by atoms with van der Waals surface area (Å²) in [5.74, 6) is -0.847. The maximum Gasteiger partial charge on any atom is 0.354 e. The SMILES string of the molecule is CC1=c2c(cc3c(c2C)N=c2ccc(O)cc2=3)N=C1C(=O)O. The van der Waals surface area contributed by atoms with Crippen molar-refractivity contribution < 1.29 is 15.0 Å². The van der Waals surface area contributed by atoms with Gasteiger partial charge in [-0.05, 0) is 49.2 Å². The van der Waals surface area contributed by atoms with E-state index in [1.807, 2.05) is 13.0 Å². The summed E-state index contributed by atoms with van der Waals surface area (Å²) in [7, 11) is 0. The lowest BCUT2D eigenvalue weighted by Gasteiger charge is -2.02. The van der Waals surface area contributed by atoms with Crippen LogP contribution in [0.1, 0.15) is 12.5 Å². The molecule has 0 saturated heterocycles. The number of carboxylic acids is 1. The van der Waals surface area contributed by atoms with Crippen LogP contribution in [0.25, 0.3) is 5.57 Å². The molecule has 0 bridgehead atoms. The van der Waals surface area contributed by atoms with Crippen molar-refractivity contribution in [1.29, 1.82) is 0 Å². The van der Waals surface area contributed by atoms with Gasteiger partial charge in [0.2, 0.25) is 0 Å². The zero-order valence-electron chi connectivity index (χ0n) is 12.0. The maximum atomic E-state index is 11.3. The molecule has 0 spiro atoms. The molecule has 0 fully saturated rings. The zero-order valence-corrected chi connectivity index (χ0v) is 12.0. The number of rotatable bonds is 1. The fraction of sp³-hybridized carbons (Fsp3) is 0.118. The lowest BCUT2D eigenvalue weighted by Crippen LogP contribution is -2.16. The van der Waals surface area contributed by atoms with Crippen molar-refractivity contribution in [2.24, 2.45) is 9.98 Å². The number of fused-ring (bicyclic) bond motifs is 3. The van der Waals surface area contributed by atoms with E-state index in [-0.39, 0.29) is 11.5 Å². The Morgan fingerprint density at radius 1 is 1.09 bits per heavy atom. The Balaban J connectivity index is 2.21. The van der Waals surface area contributed by atoms with Gasteiger partial charge in [0, 0.05) is 15.7 Å². The number of hydrogen-bond donors (Lipinski definition) is 2. The van der Waals surface area contributed by atoms with Crippen molar-refractivity contribution in [3.05, 3.63) is 50.8 Å². The highest BCUT2D eigenvalue weighted by molar-refractivity contribution is 6.52. The van der Waals surface area contributed by atoms with Gasteiger partial charge in [0.15, 0.2) is 5.71 Å². The minimum atomic E-state index is -1.02. The van der Waals surface area contributed by atoms with E-state index in [1.165, 1.54) is 0 Å². The number of benzene rings is 2. The monoisotopic (exact) mass is 292 g/mol. The van der Waals surface area contributed by atoms with Crippen LogP contribution >= 0.6 is 0 Å². The van der Waals surface area contributed by atoms with Gasteiger partial charge < -0.3 is 10.2 Å². The summed E-state index contributed by atoms with van der Waals surface area (Å²) >= 11 is 0. The van der Waals surface area contributed by atoms with Crippen LogP contribution in [0.2, 0.25) is 0 Å². The summed E-state index contributed by atoms with van der Waals surface area (Å²) in [6, 6.07) is 6.91. The number of phenolic OH excluding ortho intramolecular Hbond substituents is 1. The van der Waals surface area contributed by atoms with Crippen molar-refractivity contribution in [3.63, 3.8) is 0 Å². The molecular formula is C17H12N2O3. The lowest BCUT2D eigenvalue weighted by atomic mass is 10.0. The molecule has 22 heavy (non-hydrogen) atoms. The number of hydrogen-bond acceptors (Lipinski definition) is 4. The third-order valence-corrected chi connectivity index (χ3v) is 4.19. The first kappa shape index (κ1) is 12.8. The van der Waals surface area contributed by atoms with Gasteiger partial charge in [-0.25, -0.2) is 14.8 Å². The molecule has 0 amide bonds. The summed E-state index contributed by atoms with van der Waals surface area (Å²) in [6.07, 6.45) is 0. The van der Waals surface area contributed by atoms with E-state index in [1.54, 1.807) is 25.1 Å². The lowest BCUT2D eigenvalue weighted by molar-refractivity contribution is -0.129. The highest BCUT2D eigenvalue weighted by atomic mass is 16.4. The molecule has 5 nitrogen and oxygen atoms in total. The molecular weight excluding hydrogens is 280 g/mol. The molecule has 2 aliphatic rings. The van der Waals surface area contributed by atoms with Crippen LogP contribution in [0, 0.1) is 17.4 Å². The molecule has 0 aliphatic carbocycles. The average molecular weight is 292 g/mol. The maximum absolute atomic E-state index is 11.3. The summed E-state index contributed by atoms with van der Waals surface area (Å²) in [5.41, 5.74) is 3.13. The Bertz CT molecular complexity index is 1130. The molecule has 0 atom stereocenters. The van der Waals surface area contributed by atoms with Crippen molar-refractivity contribution >= 4 is 28.6 Å². The van der Waals surface area contributed by atoms with Gasteiger partial charge in [-0.1, -0.05) is 0 Å². The topological polar surface area (TPSA) is 82.2 Å². The predicted octanol–water partition coefficient (Wildman–Crippen LogP) is 1.59. The minimum Gasteiger partial charge on any atom is -0.508 e. The van der Waals surface area contributed by atoms with E-state index in [9.17, 15) is 15.0 Å². The Hall–Kier alpha value is -2.95. The number of carboxylic acid groups (broad SMARTS) is 1. The van der Waals surface area contributed by atoms with Gasteiger partial charge in [0.05, 0.1) is 16.7 Å². The molecule has 5 heteroatoms. The molecule has 2 heterocycles. The second-order valence-electron chi connectivity index (χ2n) is 5.50. The highest BCUT2D eigenvalue weighted by Gasteiger charge is 2.23. The molecule has 0 aromatic heterocycles. The first-order chi connectivity index (χ1) is 10.5. The molecule has 108 valence electrons. The summed E-state index contributed by atoms with van der Waals surface area (Å²) in [6.45, 7) is 3.70. The number of aliphatic carboxylic acids is 1. The Morgan fingerprint density at radius 2 is 1.86 bits per heavy atom. The first-order valence-corrected chi connectivity index (χ1v) is 6.86. The van der Waals surface area contributed by atoms with Crippen molar-refractivity contribution in [3.8, 4) is 5.75 Å². The van der Waals surface area contributed by atoms with E-state index in [0.29, 0.717) is 11.3 Å². The van der Waals surface area contributed by atoms with Gasteiger partial charge >= 0.3 is 5.97 Å². The minimum absolute atomic E-state index is 0.0814. The van der Waals surface area contributed by atoms with Crippen LogP contribution in [0.5, 0.6) is 5.75 Å². The average Bonchev–Trinajstić information content (AvgIpc) is 2.98. The largest absolute Gasteiger partial charge is 0.508 e. The van der Waals surface area contributed by atoms with Gasteiger partial charge in [-0.2, -0.15) is 0 Å². The van der Waals surface area contributed by atoms with E-state index < -0.39 is 5.97 Å². The second kappa shape index (κ2) is 4.04. The second-order valence-corrected chi connectivity index (χ2v) is 5.50. The van der Waals surface area contributed by atoms with E-state index in [2.05, 4.69) is 9.98 Å². The van der Waals surface area contributed by atoms with Crippen molar-refractivity contribution in [2.45, 2.75) is 13.8 Å². The van der Waals surface area contributed by atoms with Crippen LogP contribution in [0.4, 0.5) is 11.4 Å². The Morgan fingerprint density at radius 3 is 2.59 bits per heavy atom. The number of nitrogens with zero attached hydrogens (tertiary/aromatic N) is 2. The summed E-state index contributed by atoms with van der Waals surface area (Å²) in [4.78, 5) is 20.1. The molecule has 4 rings (SSSR count). The normalized spacial score (nSPS) is 14.1. The highest BCUT2D eigenvalue weighted by Crippen LogP contribution is 2.28. The van der Waals surface area contributed by atoms with E-state index in [4.69, 9.17) is 0 Å². The van der Waals surface area contributed by atoms with Crippen molar-refractivity contribution in [2.75, 3.05) is 0 Å². The van der Waals surface area contributed by atoms with E-state index >= 15 is 0 Å². The van der Waals surface area contributed by atoms with Crippen LogP contribution in [0.15, 0.2) is 34.3 Å². The fourth-order valence-corrected chi connectivity index (χ4v) is 3.19. The van der Waals surface area contributed by atoms with Gasteiger partial charge in [0.25, 0.3) is 0 Å². The Kier molecular flexibility index (Phi) is 2.34. The quantitative estimate of drug-likeness (QED) is 0.714. The first-order valence-electron chi connectivity index (χ1n) is 6.86. The number of aromatic hydroxyl groups is 1. The Labute approximate surface area is 124 Å². The smallest absolute Gasteiger partial charge is 0.354 e. The van der Waals surface area contributed by atoms with Crippen LogP contribution < -0.4 is 10.6 Å². The van der Waals surface area contributed by atoms with Crippen LogP contribution in [-0.2, 0) is 4.79 Å². The van der Waals surface area contributed by atoms with Gasteiger partial charge in [-0.3, -0.25) is 0 Å². The molecule has 0 saturated carbocycles. The predicted molar refractivity (Wildman–Crippen MR) is 81.2 cm³/mol. The molecule has 2 aromatic carbocycles. The molecule has 2 aromatic rings. The summed E-state index contributed by atoms with van der Waals surface area (Å²) < 4.78 is 0. The third kappa shape index (κ3) is 1.50. The number of carbonyl (C=O) groups is 1. The van der Waals surface area contributed by atoms with Crippen molar-refractivity contribution in [1.82, 2.24) is 0 Å². The number of aliphatic imine (C=N–C) groups is 1. The standard InChI is InChI=1S/C17H12N2O3/c1-7-14-8(2)16(17(21)22)19-13(14)6-11-10-5-9(20)3-4-12(10)18-15(7)11/h3-6,20H,1-2H3,(H,21,22). The zero-order chi connectivity index (χ0) is 15.6. The van der Waals surface area contributed by atoms with E-state index in [0.717, 1.165) is 32.3 Å². The number of phenols is 1. The molecule has 0 unspecified atom stereocenters. The van der Waals surface area contributed by atoms with Crippen LogP contribution in [-0.4, -0.2) is 21.9 Å². The van der Waals surface area contributed by atoms with Gasteiger partial charge in [-0.15, -0.1) is 0 Å². The molecule has 2 aliphatic heterocycles. The summed E-state index contributed by atoms with van der Waals surface area (Å²) in [5, 5.41) is 22.3. The molecule has 2 N–H and O–H groups in total. The van der Waals surface area contributed by atoms with Crippen LogP contribution in [0.3, 0.4) is 0 Å². The molecule has 0 radical (unpaired) electrons. The fourth-order valence-electron chi connectivity index (χ4n) is 3.19.